The van der Waals surface area contributed by atoms with E-state index in [9.17, 15) is 19.2 Å². The Morgan fingerprint density at radius 3 is 2.64 bits per heavy atom. The van der Waals surface area contributed by atoms with E-state index in [1.165, 1.54) is 10.6 Å². The van der Waals surface area contributed by atoms with E-state index in [0.717, 1.165) is 0 Å². The number of hydrogen-bond acceptors (Lipinski definition) is 7. The maximum Gasteiger partial charge on any atom is 0.407 e. The number of carbonyl (C=O) groups is 3. The average molecular weight is 398 g/mol. The van der Waals surface area contributed by atoms with Gasteiger partial charge in [0.05, 0.1) is 6.61 Å². The molecule has 3 amide bonds. The van der Waals surface area contributed by atoms with Gasteiger partial charge in [0.25, 0.3) is 0 Å². The number of nitrogens with two attached hydrogens (primary N) is 2. The summed E-state index contributed by atoms with van der Waals surface area (Å²) in [4.78, 5) is 48.5. The Balaban J connectivity index is 2.19. The highest BCUT2D eigenvalue weighted by molar-refractivity contribution is 5.79. The molecule has 0 unspecified atom stereocenters. The molecule has 0 fully saturated rings. The molecule has 0 aromatic carbocycles. The lowest BCUT2D eigenvalue weighted by molar-refractivity contribution is -0.139. The van der Waals surface area contributed by atoms with E-state index in [2.05, 4.69) is 15.6 Å². The molecule has 0 aliphatic heterocycles. The van der Waals surface area contributed by atoms with Crippen molar-refractivity contribution in [1.82, 2.24) is 20.2 Å². The number of aromatic nitrogens is 2. The molecule has 12 nitrogen and oxygen atoms in total. The van der Waals surface area contributed by atoms with Crippen LogP contribution in [0, 0.1) is 0 Å². The fraction of sp³-hybridized carbons (Fsp3) is 0.562. The molecule has 12 heteroatoms. The largest absolute Gasteiger partial charge is 0.480 e. The SMILES string of the molecule is NC(=O)NCCC[C@H](NC(=O)OCCCCCn1ccc(N)nc1=O)C(=O)O. The number of aryl methyl sites for hydroxylation is 1. The van der Waals surface area contributed by atoms with Crippen molar-refractivity contribution >= 4 is 23.9 Å². The summed E-state index contributed by atoms with van der Waals surface area (Å²) in [6.07, 6.45) is 3.14. The third-order valence-electron chi connectivity index (χ3n) is 3.73. The minimum absolute atomic E-state index is 0.120. The fourth-order valence-corrected chi connectivity index (χ4v) is 2.30. The van der Waals surface area contributed by atoms with Gasteiger partial charge in [0.2, 0.25) is 0 Å². The van der Waals surface area contributed by atoms with Crippen molar-refractivity contribution in [2.75, 3.05) is 18.9 Å². The predicted molar refractivity (Wildman–Crippen MR) is 99.5 cm³/mol. The Bertz CT molecular complexity index is 722. The van der Waals surface area contributed by atoms with E-state index in [0.29, 0.717) is 32.2 Å². The fourth-order valence-electron chi connectivity index (χ4n) is 2.30. The van der Waals surface area contributed by atoms with Gasteiger partial charge >= 0.3 is 23.8 Å². The van der Waals surface area contributed by atoms with Crippen molar-refractivity contribution in [3.8, 4) is 0 Å². The Hall–Kier alpha value is -3.31. The van der Waals surface area contributed by atoms with Crippen LogP contribution in [0.25, 0.3) is 0 Å². The first-order chi connectivity index (χ1) is 13.3. The molecular formula is C16H26N6O6. The molecular weight excluding hydrogens is 372 g/mol. The Morgan fingerprint density at radius 2 is 2.00 bits per heavy atom. The smallest absolute Gasteiger partial charge is 0.407 e. The molecule has 1 aromatic rings. The van der Waals surface area contributed by atoms with Crippen LogP contribution in [0.1, 0.15) is 32.1 Å². The summed E-state index contributed by atoms with van der Waals surface area (Å²) < 4.78 is 6.40. The topological polar surface area (TPSA) is 192 Å². The van der Waals surface area contributed by atoms with Crippen LogP contribution in [-0.4, -0.2) is 51.9 Å². The zero-order chi connectivity index (χ0) is 20.9. The number of rotatable bonds is 12. The van der Waals surface area contributed by atoms with Crippen LogP contribution in [0.3, 0.4) is 0 Å². The van der Waals surface area contributed by atoms with Crippen LogP contribution in [0.4, 0.5) is 15.4 Å². The Morgan fingerprint density at radius 1 is 1.25 bits per heavy atom. The van der Waals surface area contributed by atoms with Crippen molar-refractivity contribution in [3.05, 3.63) is 22.7 Å². The summed E-state index contributed by atoms with van der Waals surface area (Å²) in [5.74, 6) is -1.02. The van der Waals surface area contributed by atoms with Gasteiger partial charge in [-0.3, -0.25) is 4.57 Å². The lowest BCUT2D eigenvalue weighted by Gasteiger charge is -2.14. The number of alkyl carbamates (subject to hydrolysis) is 1. The number of amides is 3. The molecule has 28 heavy (non-hydrogen) atoms. The number of urea groups is 1. The second-order valence-electron chi connectivity index (χ2n) is 5.99. The monoisotopic (exact) mass is 398 g/mol. The summed E-state index contributed by atoms with van der Waals surface area (Å²) in [7, 11) is 0. The molecule has 1 atom stereocenters. The molecule has 1 aromatic heterocycles. The van der Waals surface area contributed by atoms with E-state index >= 15 is 0 Å². The molecule has 0 saturated heterocycles. The van der Waals surface area contributed by atoms with Crippen LogP contribution in [-0.2, 0) is 16.1 Å². The summed E-state index contributed by atoms with van der Waals surface area (Å²) in [5.41, 5.74) is 9.90. The third-order valence-corrected chi connectivity index (χ3v) is 3.73. The van der Waals surface area contributed by atoms with Gasteiger partial charge in [0.1, 0.15) is 11.9 Å². The van der Waals surface area contributed by atoms with Crippen LogP contribution < -0.4 is 27.8 Å². The number of carboxylic acids is 1. The predicted octanol–water partition coefficient (Wildman–Crippen LogP) is -0.376. The Labute approximate surface area is 161 Å². The lowest BCUT2D eigenvalue weighted by Crippen LogP contribution is -2.41. The number of primary amides is 1. The van der Waals surface area contributed by atoms with E-state index in [1.807, 2.05) is 0 Å². The van der Waals surface area contributed by atoms with E-state index in [1.54, 1.807) is 6.20 Å². The van der Waals surface area contributed by atoms with Crippen molar-refractivity contribution in [2.24, 2.45) is 5.73 Å². The first kappa shape index (κ1) is 22.7. The van der Waals surface area contributed by atoms with E-state index in [4.69, 9.17) is 21.3 Å². The summed E-state index contributed by atoms with van der Waals surface area (Å²) in [6.45, 7) is 0.803. The number of ether oxygens (including phenoxy) is 1. The lowest BCUT2D eigenvalue weighted by atomic mass is 10.1. The van der Waals surface area contributed by atoms with Crippen LogP contribution in [0.5, 0.6) is 0 Å². The van der Waals surface area contributed by atoms with Crippen molar-refractivity contribution < 1.29 is 24.2 Å². The van der Waals surface area contributed by atoms with Gasteiger partial charge < -0.3 is 31.9 Å². The molecule has 0 radical (unpaired) electrons. The third kappa shape index (κ3) is 9.40. The second-order valence-corrected chi connectivity index (χ2v) is 5.99. The van der Waals surface area contributed by atoms with Gasteiger partial charge in [-0.1, -0.05) is 0 Å². The highest BCUT2D eigenvalue weighted by Gasteiger charge is 2.20. The molecule has 1 heterocycles. The molecule has 0 aliphatic carbocycles. The van der Waals surface area contributed by atoms with Gasteiger partial charge in [-0.25, -0.2) is 19.2 Å². The first-order valence-corrected chi connectivity index (χ1v) is 8.82. The Kier molecular flexibility index (Phi) is 9.86. The number of nitrogens with one attached hydrogen (secondary N) is 2. The number of anilines is 1. The van der Waals surface area contributed by atoms with Crippen LogP contribution in [0.15, 0.2) is 17.1 Å². The standard InChI is InChI=1S/C16H26N6O6/c17-12-6-9-22(15(26)21-12)8-2-1-3-10-28-16(27)20-11(13(23)24)5-4-7-19-14(18)25/h6,9,11H,1-5,7-8,10H2,(H,20,27)(H,23,24)(H2,17,21,26)(H3,18,19,25)/t11-/m0/s1. The minimum Gasteiger partial charge on any atom is -0.480 e. The molecule has 1 rings (SSSR count). The second kappa shape index (κ2) is 12.1. The van der Waals surface area contributed by atoms with Gasteiger partial charge in [-0.15, -0.1) is 0 Å². The first-order valence-electron chi connectivity index (χ1n) is 8.82. The number of nitrogen functional groups attached to an aromatic ring is 1. The maximum absolute atomic E-state index is 11.7. The van der Waals surface area contributed by atoms with Crippen molar-refractivity contribution in [2.45, 2.75) is 44.7 Å². The van der Waals surface area contributed by atoms with E-state index < -0.39 is 29.8 Å². The number of carbonyl (C=O) groups excluding carboxylic acids is 2. The zero-order valence-corrected chi connectivity index (χ0v) is 15.4. The highest BCUT2D eigenvalue weighted by atomic mass is 16.5. The number of unbranched alkanes of at least 4 members (excludes halogenated alkanes) is 2. The molecule has 0 spiro atoms. The van der Waals surface area contributed by atoms with E-state index in [-0.39, 0.29) is 25.4 Å². The van der Waals surface area contributed by atoms with Crippen LogP contribution in [0.2, 0.25) is 0 Å². The maximum atomic E-state index is 11.7. The van der Waals surface area contributed by atoms with Crippen LogP contribution >= 0.6 is 0 Å². The number of nitrogens with zero attached hydrogens (tertiary/aromatic N) is 2. The molecule has 0 bridgehead atoms. The molecule has 156 valence electrons. The quantitative estimate of drug-likeness (QED) is 0.294. The zero-order valence-electron chi connectivity index (χ0n) is 15.4. The van der Waals surface area contributed by atoms with Crippen molar-refractivity contribution in [3.63, 3.8) is 0 Å². The van der Waals surface area contributed by atoms with Gasteiger partial charge in [-0.05, 0) is 38.2 Å². The van der Waals surface area contributed by atoms with Crippen molar-refractivity contribution in [1.29, 1.82) is 0 Å². The summed E-state index contributed by atoms with van der Waals surface area (Å²) >= 11 is 0. The molecule has 0 saturated carbocycles. The average Bonchev–Trinajstić information content (AvgIpc) is 2.61. The number of hydrogen-bond donors (Lipinski definition) is 5. The number of carboxylic acid groups (broad SMARTS) is 1. The molecule has 0 aliphatic rings. The van der Waals surface area contributed by atoms with Gasteiger partial charge in [0, 0.05) is 19.3 Å². The normalized spacial score (nSPS) is 11.4. The minimum atomic E-state index is -1.20. The number of aliphatic carboxylic acids is 1. The van der Waals surface area contributed by atoms with Gasteiger partial charge in [0.15, 0.2) is 0 Å². The van der Waals surface area contributed by atoms with Gasteiger partial charge in [-0.2, -0.15) is 4.98 Å². The highest BCUT2D eigenvalue weighted by Crippen LogP contribution is 2.01. The summed E-state index contributed by atoms with van der Waals surface area (Å²) in [6, 6.07) is -0.277. The molecule has 7 N–H and O–H groups in total. The summed E-state index contributed by atoms with van der Waals surface area (Å²) in [5, 5.41) is 13.7.